The monoisotopic (exact) mass is 744 g/mol. The topological polar surface area (TPSA) is 58.1 Å². The Hall–Kier alpha value is -4.62. The van der Waals surface area contributed by atoms with Crippen LogP contribution in [0.3, 0.4) is 0 Å². The van der Waals surface area contributed by atoms with Crippen molar-refractivity contribution in [1.29, 1.82) is 0 Å². The molecular formula is C48H64N4O3. The average Bonchev–Trinajstić information content (AvgIpc) is 3.22. The largest absolute Gasteiger partial charge is 0.478 e. The molecule has 0 atom stereocenters. The van der Waals surface area contributed by atoms with Gasteiger partial charge in [-0.05, 0) is 100 Å². The number of hydrogen-bond donors (Lipinski definition) is 0. The van der Waals surface area contributed by atoms with E-state index < -0.39 is 0 Å². The van der Waals surface area contributed by atoms with E-state index >= 15 is 0 Å². The van der Waals surface area contributed by atoms with Crippen LogP contribution in [0.15, 0.2) is 115 Å². The highest BCUT2D eigenvalue weighted by atomic mass is 16.5. The molecule has 2 aromatic carbocycles. The normalized spacial score (nSPS) is 15.4. The third kappa shape index (κ3) is 14.9. The van der Waals surface area contributed by atoms with E-state index in [1.807, 2.05) is 6.07 Å². The van der Waals surface area contributed by atoms with Gasteiger partial charge >= 0.3 is 5.97 Å². The predicted molar refractivity (Wildman–Crippen MR) is 231 cm³/mol. The van der Waals surface area contributed by atoms with Crippen LogP contribution < -0.4 is 14.5 Å². The molecule has 0 aliphatic carbocycles. The fourth-order valence-corrected chi connectivity index (χ4v) is 7.08. The number of esters is 1. The lowest BCUT2D eigenvalue weighted by molar-refractivity contribution is -0.143. The molecule has 1 saturated heterocycles. The van der Waals surface area contributed by atoms with E-state index in [4.69, 9.17) is 14.5 Å². The highest BCUT2D eigenvalue weighted by Crippen LogP contribution is 2.29. The Balaban J connectivity index is 0.902. The lowest BCUT2D eigenvalue weighted by Crippen LogP contribution is -2.46. The molecule has 0 radical (unpaired) electrons. The van der Waals surface area contributed by atoms with Gasteiger partial charge in [-0.15, -0.1) is 0 Å². The first-order valence-corrected chi connectivity index (χ1v) is 20.9. The van der Waals surface area contributed by atoms with Gasteiger partial charge in [-0.25, -0.2) is 0 Å². The number of aromatic nitrogens is 1. The number of nitrogens with zero attached hydrogens (tertiary/aromatic N) is 4. The van der Waals surface area contributed by atoms with E-state index in [9.17, 15) is 4.79 Å². The van der Waals surface area contributed by atoms with Gasteiger partial charge in [0.2, 0.25) is 5.88 Å². The Morgan fingerprint density at radius 2 is 1.42 bits per heavy atom. The van der Waals surface area contributed by atoms with Crippen LogP contribution in [-0.4, -0.2) is 68.5 Å². The first kappa shape index (κ1) is 41.5. The average molecular weight is 745 g/mol. The zero-order valence-electron chi connectivity index (χ0n) is 33.3. The first-order valence-electron chi connectivity index (χ1n) is 20.9. The van der Waals surface area contributed by atoms with Crippen molar-refractivity contribution in [2.24, 2.45) is 0 Å². The number of allylic oxidation sites excluding steroid dienone is 10. The molecule has 0 bridgehead atoms. The fraction of sp³-hybridized carbons (Fsp3) is 0.458. The standard InChI is InChI=1S/C48H64N4O3/c1-2-3-4-5-6-7-8-9-10-11-12-13-14-15-16-17-18-19-31-47(53)55-41-52-35-25-28-43-32-33-46(49-48(43)52)54-40-23-22-34-50-36-38-51(39-37-50)45-30-24-27-42-26-20-21-29-44(42)45/h4-5,7-8,10-11,13-14,16-17,20-21,24,26-27,29-30,32-33H,2-3,6,9,12,15,18-19,22-23,25,28,31,34-41H2,1H3/b5-4-,8-7-,11-10-,14-13-,17-16-. The molecule has 2 aliphatic rings. The van der Waals surface area contributed by atoms with Crippen molar-refractivity contribution < 1.29 is 14.3 Å². The zero-order valence-corrected chi connectivity index (χ0v) is 33.3. The predicted octanol–water partition coefficient (Wildman–Crippen LogP) is 10.8. The van der Waals surface area contributed by atoms with Crippen molar-refractivity contribution in [3.63, 3.8) is 0 Å². The Morgan fingerprint density at radius 1 is 0.727 bits per heavy atom. The van der Waals surface area contributed by atoms with Gasteiger partial charge in [0, 0.05) is 56.3 Å². The molecule has 1 fully saturated rings. The molecule has 3 heterocycles. The minimum absolute atomic E-state index is 0.155. The van der Waals surface area contributed by atoms with Crippen molar-refractivity contribution in [3.8, 4) is 5.88 Å². The van der Waals surface area contributed by atoms with Gasteiger partial charge in [0.05, 0.1) is 6.61 Å². The number of carbonyl (C=O) groups is 1. The maximum Gasteiger partial charge on any atom is 0.307 e. The van der Waals surface area contributed by atoms with E-state index in [0.717, 1.165) is 109 Å². The Labute approximate surface area is 331 Å². The molecule has 55 heavy (non-hydrogen) atoms. The van der Waals surface area contributed by atoms with Crippen LogP contribution in [0.1, 0.15) is 89.5 Å². The number of aryl methyl sites for hydroxylation is 1. The summed E-state index contributed by atoms with van der Waals surface area (Å²) >= 11 is 0. The number of carbonyl (C=O) groups excluding carboxylic acids is 1. The molecule has 0 saturated carbocycles. The SMILES string of the molecule is CCC/C=C\C/C=C\C/C=C\C/C=C\C/C=C\CCCC(=O)OCN1CCCc2ccc(OCCCCN3CCN(c4cccc5ccccc45)CC3)nc21. The van der Waals surface area contributed by atoms with Gasteiger partial charge in [0.25, 0.3) is 0 Å². The van der Waals surface area contributed by atoms with E-state index in [1.165, 1.54) is 34.9 Å². The van der Waals surface area contributed by atoms with E-state index in [0.29, 0.717) is 18.9 Å². The highest BCUT2D eigenvalue weighted by molar-refractivity contribution is 5.94. The quantitative estimate of drug-likeness (QED) is 0.0544. The summed E-state index contributed by atoms with van der Waals surface area (Å²) in [5.41, 5.74) is 2.54. The van der Waals surface area contributed by atoms with Gasteiger partial charge in [-0.2, -0.15) is 4.98 Å². The number of unbranched alkanes of at least 4 members (excludes halogenated alkanes) is 3. The van der Waals surface area contributed by atoms with Crippen LogP contribution in [0.5, 0.6) is 5.88 Å². The number of rotatable bonds is 23. The summed E-state index contributed by atoms with van der Waals surface area (Å²) in [6.45, 7) is 9.28. The number of ether oxygens (including phenoxy) is 2. The fourth-order valence-electron chi connectivity index (χ4n) is 7.08. The minimum Gasteiger partial charge on any atom is -0.478 e. The van der Waals surface area contributed by atoms with E-state index in [2.05, 4.69) is 131 Å². The summed E-state index contributed by atoms with van der Waals surface area (Å²) in [4.78, 5) is 24.6. The molecule has 0 N–H and O–H groups in total. The second-order valence-corrected chi connectivity index (χ2v) is 14.5. The molecule has 7 heteroatoms. The number of fused-ring (bicyclic) bond motifs is 2. The van der Waals surface area contributed by atoms with Crippen LogP contribution in [0.4, 0.5) is 11.5 Å². The summed E-state index contributed by atoms with van der Waals surface area (Å²) in [6.07, 6.45) is 34.6. The summed E-state index contributed by atoms with van der Waals surface area (Å²) < 4.78 is 11.8. The summed E-state index contributed by atoms with van der Waals surface area (Å²) in [5.74, 6) is 1.38. The molecule has 5 rings (SSSR count). The smallest absolute Gasteiger partial charge is 0.307 e. The minimum atomic E-state index is -0.155. The second kappa shape index (κ2) is 24.7. The van der Waals surface area contributed by atoms with Gasteiger partial charge < -0.3 is 19.3 Å². The van der Waals surface area contributed by atoms with Crippen LogP contribution in [0.2, 0.25) is 0 Å². The van der Waals surface area contributed by atoms with Gasteiger partial charge in [0.1, 0.15) is 5.82 Å². The lowest BCUT2D eigenvalue weighted by Gasteiger charge is -2.36. The maximum absolute atomic E-state index is 12.5. The second-order valence-electron chi connectivity index (χ2n) is 14.5. The summed E-state index contributed by atoms with van der Waals surface area (Å²) in [5, 5.41) is 2.65. The molecule has 0 spiro atoms. The third-order valence-corrected chi connectivity index (χ3v) is 10.2. The molecule has 3 aromatic rings. The molecular weight excluding hydrogens is 681 g/mol. The molecule has 1 aromatic heterocycles. The Kier molecular flexibility index (Phi) is 18.7. The van der Waals surface area contributed by atoms with Crippen molar-refractivity contribution in [3.05, 3.63) is 121 Å². The van der Waals surface area contributed by atoms with Crippen LogP contribution in [0, 0.1) is 0 Å². The van der Waals surface area contributed by atoms with Crippen LogP contribution in [-0.2, 0) is 16.0 Å². The molecule has 294 valence electrons. The Bertz CT molecular complexity index is 1710. The number of pyridine rings is 1. The molecule has 0 amide bonds. The third-order valence-electron chi connectivity index (χ3n) is 10.2. The number of benzene rings is 2. The maximum atomic E-state index is 12.5. The number of piperazine rings is 1. The van der Waals surface area contributed by atoms with Crippen LogP contribution in [0.25, 0.3) is 10.8 Å². The van der Waals surface area contributed by atoms with Crippen molar-refractivity contribution in [1.82, 2.24) is 9.88 Å². The van der Waals surface area contributed by atoms with Crippen molar-refractivity contribution in [2.75, 3.05) is 62.4 Å². The number of anilines is 2. The summed E-state index contributed by atoms with van der Waals surface area (Å²) in [7, 11) is 0. The van der Waals surface area contributed by atoms with Gasteiger partial charge in [-0.3, -0.25) is 9.69 Å². The Morgan fingerprint density at radius 3 is 2.16 bits per heavy atom. The first-order chi connectivity index (χ1) is 27.2. The molecule has 0 unspecified atom stereocenters. The zero-order chi connectivity index (χ0) is 38.2. The number of hydrogen-bond acceptors (Lipinski definition) is 7. The van der Waals surface area contributed by atoms with Crippen molar-refractivity contribution in [2.45, 2.75) is 90.4 Å². The van der Waals surface area contributed by atoms with Gasteiger partial charge in [0.15, 0.2) is 6.73 Å². The lowest BCUT2D eigenvalue weighted by atomic mass is 10.1. The molecule has 2 aliphatic heterocycles. The van der Waals surface area contributed by atoms with Crippen molar-refractivity contribution >= 4 is 28.2 Å². The summed E-state index contributed by atoms with van der Waals surface area (Å²) in [6, 6.07) is 19.4. The van der Waals surface area contributed by atoms with Crippen LogP contribution >= 0.6 is 0 Å². The van der Waals surface area contributed by atoms with E-state index in [1.54, 1.807) is 0 Å². The molecule has 7 nitrogen and oxygen atoms in total. The highest BCUT2D eigenvalue weighted by Gasteiger charge is 2.21. The van der Waals surface area contributed by atoms with Gasteiger partial charge in [-0.1, -0.05) is 111 Å². The van der Waals surface area contributed by atoms with E-state index in [-0.39, 0.29) is 12.7 Å².